The first-order valence-corrected chi connectivity index (χ1v) is 19.3. The maximum Gasteiger partial charge on any atom is 0.408 e. The molecule has 3 aliphatic rings. The van der Waals surface area contributed by atoms with Crippen molar-refractivity contribution < 1.29 is 19.4 Å². The quantitative estimate of drug-likeness (QED) is 0.136. The number of carbonyl (C=O) groups excluding carboxylic acids is 1. The number of amides is 1. The van der Waals surface area contributed by atoms with Crippen molar-refractivity contribution >= 4 is 23.5 Å². The van der Waals surface area contributed by atoms with Gasteiger partial charge in [-0.25, -0.2) is 14.8 Å². The molecule has 13 nitrogen and oxygen atoms in total. The smallest absolute Gasteiger partial charge is 0.408 e. The van der Waals surface area contributed by atoms with Crippen molar-refractivity contribution in [1.82, 2.24) is 30.4 Å². The number of hydrogen-bond donors (Lipinski definition) is 3. The molecule has 0 saturated carbocycles. The minimum Gasteiger partial charge on any atom is -0.507 e. The van der Waals surface area contributed by atoms with Gasteiger partial charge in [-0.3, -0.25) is 0 Å². The Hall–Kier alpha value is -5.61. The predicted molar refractivity (Wildman–Crippen MR) is 214 cm³/mol. The molecule has 2 fully saturated rings. The number of benzene rings is 2. The number of unbranched alkanes of at least 4 members (excludes halogenated alkanes) is 1. The van der Waals surface area contributed by atoms with Gasteiger partial charge in [0, 0.05) is 44.1 Å². The van der Waals surface area contributed by atoms with Crippen LogP contribution in [-0.2, 0) is 4.74 Å². The summed E-state index contributed by atoms with van der Waals surface area (Å²) in [6, 6.07) is 17.2. The van der Waals surface area contributed by atoms with Crippen LogP contribution >= 0.6 is 0 Å². The number of phenolic OH excluding ortho intramolecular Hbond substituents is 1. The van der Waals surface area contributed by atoms with Gasteiger partial charge in [0.25, 0.3) is 0 Å². The number of alkyl carbamates (subject to hydrolysis) is 1. The molecule has 1 amide bonds. The van der Waals surface area contributed by atoms with E-state index in [2.05, 4.69) is 47.4 Å². The van der Waals surface area contributed by atoms with E-state index in [9.17, 15) is 9.90 Å². The average molecular weight is 746 g/mol. The number of piperazine rings is 1. The van der Waals surface area contributed by atoms with E-state index >= 15 is 0 Å². The molecule has 3 aliphatic heterocycles. The van der Waals surface area contributed by atoms with E-state index in [1.807, 2.05) is 75.6 Å². The molecule has 4 aromatic rings. The van der Waals surface area contributed by atoms with Crippen LogP contribution in [0.25, 0.3) is 11.3 Å². The molecule has 1 atom stereocenters. The Morgan fingerprint density at radius 3 is 2.58 bits per heavy atom. The lowest BCUT2D eigenvalue weighted by atomic mass is 9.91. The maximum absolute atomic E-state index is 11.8. The third-order valence-electron chi connectivity index (χ3n) is 10.2. The van der Waals surface area contributed by atoms with E-state index < -0.39 is 11.7 Å². The Morgan fingerprint density at radius 2 is 1.78 bits per heavy atom. The average Bonchev–Trinajstić information content (AvgIpc) is 3.19. The fraction of sp³-hybridized carbons (Fsp3) is 0.452. The van der Waals surface area contributed by atoms with Crippen molar-refractivity contribution in [3.05, 3.63) is 78.1 Å². The highest BCUT2D eigenvalue weighted by Gasteiger charge is 2.34. The van der Waals surface area contributed by atoms with E-state index in [4.69, 9.17) is 19.4 Å². The maximum atomic E-state index is 11.8. The zero-order chi connectivity index (χ0) is 38.2. The summed E-state index contributed by atoms with van der Waals surface area (Å²) < 4.78 is 11.3. The van der Waals surface area contributed by atoms with Crippen molar-refractivity contribution in [3.63, 3.8) is 0 Å². The number of hydrogen-bond acceptors (Lipinski definition) is 12. The number of aromatic hydroxyl groups is 1. The summed E-state index contributed by atoms with van der Waals surface area (Å²) >= 11 is 0. The summed E-state index contributed by atoms with van der Waals surface area (Å²) in [6.45, 7) is 12.7. The first kappa shape index (κ1) is 37.7. The molecule has 288 valence electrons. The first-order valence-electron chi connectivity index (χ1n) is 19.3. The summed E-state index contributed by atoms with van der Waals surface area (Å²) in [6.07, 6.45) is 7.83. The van der Waals surface area contributed by atoms with E-state index in [1.165, 1.54) is 5.56 Å². The first-order chi connectivity index (χ1) is 26.7. The molecular weight excluding hydrogens is 695 g/mol. The number of carbonyl (C=O) groups is 1. The molecule has 1 unspecified atom stereocenters. The number of aromatic nitrogens is 4. The molecule has 0 radical (unpaired) electrons. The van der Waals surface area contributed by atoms with E-state index in [1.54, 1.807) is 12.1 Å². The fourth-order valence-corrected chi connectivity index (χ4v) is 7.37. The van der Waals surface area contributed by atoms with Crippen molar-refractivity contribution in [3.8, 4) is 34.6 Å². The molecule has 2 aromatic carbocycles. The van der Waals surface area contributed by atoms with Gasteiger partial charge in [0.05, 0.1) is 36.1 Å². The number of nitrogens with one attached hydrogen (secondary N) is 2. The van der Waals surface area contributed by atoms with E-state index in [-0.39, 0.29) is 18.3 Å². The van der Waals surface area contributed by atoms with Crippen LogP contribution < -0.4 is 25.2 Å². The van der Waals surface area contributed by atoms with Crippen LogP contribution in [0, 0.1) is 11.8 Å². The standard InChI is InChI=1S/C42H51N9O4/c1-42(2,3)55-41(53)43-18-10-12-31-11-4-7-15-38(31)54-24-9-8-19-49-20-16-30(17-21-49)32-26-45-40(46-27-32)50-22-23-51-33(29-50)28-44-39-36(51)25-35(47-48-39)34-13-5-6-14-37(34)52/h4-7,11,13-15,25-27,30,33,52H,8-9,16-24,28-29H2,1-3H3,(H,43,53)(H,44,48). The summed E-state index contributed by atoms with van der Waals surface area (Å²) in [5.41, 5.74) is 3.83. The third-order valence-corrected chi connectivity index (χ3v) is 10.2. The van der Waals surface area contributed by atoms with Crippen LogP contribution in [0.5, 0.6) is 11.5 Å². The minimum absolute atomic E-state index is 0.196. The van der Waals surface area contributed by atoms with Crippen LogP contribution in [0.2, 0.25) is 0 Å². The number of likely N-dealkylation sites (tertiary alicyclic amines) is 1. The number of para-hydroxylation sites is 2. The van der Waals surface area contributed by atoms with Crippen LogP contribution in [0.3, 0.4) is 0 Å². The molecule has 2 aromatic heterocycles. The summed E-state index contributed by atoms with van der Waals surface area (Å²) in [4.78, 5) is 28.8. The van der Waals surface area contributed by atoms with Gasteiger partial charge in [-0.2, -0.15) is 0 Å². The number of ether oxygens (including phenoxy) is 2. The lowest BCUT2D eigenvalue weighted by molar-refractivity contribution is 0.0535. The van der Waals surface area contributed by atoms with Crippen molar-refractivity contribution in [1.29, 1.82) is 0 Å². The van der Waals surface area contributed by atoms with Gasteiger partial charge in [-0.15, -0.1) is 10.2 Å². The molecule has 13 heteroatoms. The Balaban J connectivity index is 0.823. The van der Waals surface area contributed by atoms with Crippen molar-refractivity contribution in [2.45, 2.75) is 64.0 Å². The number of anilines is 3. The van der Waals surface area contributed by atoms with Crippen LogP contribution in [-0.4, -0.2) is 107 Å². The van der Waals surface area contributed by atoms with E-state index in [0.717, 1.165) is 100 Å². The molecule has 5 heterocycles. The third kappa shape index (κ3) is 9.74. The van der Waals surface area contributed by atoms with Gasteiger partial charge in [-0.05, 0) is 108 Å². The second-order valence-electron chi connectivity index (χ2n) is 15.3. The number of fused-ring (bicyclic) bond motifs is 3. The SMILES string of the molecule is CC(C)(C)OC(=O)NCC#Cc1ccccc1OCCCCN1CCC(c2cnc(N3CCN4c5cc(-c6ccccc6O)nnc5NCC4C3)nc2)CC1. The lowest BCUT2D eigenvalue weighted by Crippen LogP contribution is -2.58. The molecular formula is C42H51N9O4. The van der Waals surface area contributed by atoms with Gasteiger partial charge >= 0.3 is 6.09 Å². The van der Waals surface area contributed by atoms with Gasteiger partial charge in [0.15, 0.2) is 5.82 Å². The zero-order valence-electron chi connectivity index (χ0n) is 32.0. The summed E-state index contributed by atoms with van der Waals surface area (Å²) in [5, 5.41) is 25.3. The van der Waals surface area contributed by atoms with Crippen LogP contribution in [0.1, 0.15) is 63.5 Å². The normalized spacial score (nSPS) is 17.3. The Morgan fingerprint density at radius 1 is 1.00 bits per heavy atom. The van der Waals surface area contributed by atoms with Gasteiger partial charge in [0.2, 0.25) is 5.95 Å². The summed E-state index contributed by atoms with van der Waals surface area (Å²) in [7, 11) is 0. The number of rotatable bonds is 10. The predicted octanol–water partition coefficient (Wildman–Crippen LogP) is 5.67. The van der Waals surface area contributed by atoms with Gasteiger partial charge in [0.1, 0.15) is 17.1 Å². The van der Waals surface area contributed by atoms with Gasteiger partial charge < -0.3 is 39.9 Å². The molecule has 0 aliphatic carbocycles. The van der Waals surface area contributed by atoms with Crippen LogP contribution in [0.15, 0.2) is 67.0 Å². The molecule has 0 spiro atoms. The fourth-order valence-electron chi connectivity index (χ4n) is 7.37. The zero-order valence-corrected chi connectivity index (χ0v) is 32.0. The Labute approximate surface area is 323 Å². The van der Waals surface area contributed by atoms with Gasteiger partial charge in [-0.1, -0.05) is 36.1 Å². The molecule has 2 saturated heterocycles. The largest absolute Gasteiger partial charge is 0.507 e. The Bertz CT molecular complexity index is 1980. The molecule has 7 rings (SSSR count). The molecule has 55 heavy (non-hydrogen) atoms. The minimum atomic E-state index is -0.542. The second-order valence-corrected chi connectivity index (χ2v) is 15.3. The number of nitrogens with zero attached hydrogens (tertiary/aromatic N) is 7. The van der Waals surface area contributed by atoms with Crippen LogP contribution in [0.4, 0.5) is 22.2 Å². The highest BCUT2D eigenvalue weighted by Crippen LogP contribution is 2.36. The lowest BCUT2D eigenvalue weighted by Gasteiger charge is -2.45. The number of piperidine rings is 1. The highest BCUT2D eigenvalue weighted by atomic mass is 16.6. The number of phenols is 1. The molecule has 0 bridgehead atoms. The molecule has 3 N–H and O–H groups in total. The summed E-state index contributed by atoms with van der Waals surface area (Å²) in [5.74, 6) is 9.07. The van der Waals surface area contributed by atoms with Crippen molar-refractivity contribution in [2.24, 2.45) is 0 Å². The van der Waals surface area contributed by atoms with Crippen molar-refractivity contribution in [2.75, 3.05) is 74.1 Å². The van der Waals surface area contributed by atoms with E-state index in [0.29, 0.717) is 23.8 Å². The topological polar surface area (TPSA) is 141 Å². The Kier molecular flexibility index (Phi) is 11.8. The highest BCUT2D eigenvalue weighted by molar-refractivity contribution is 5.76. The monoisotopic (exact) mass is 745 g/mol. The second kappa shape index (κ2) is 17.2.